The molecule has 1 aliphatic rings. The number of rotatable bonds is 3. The minimum Gasteiger partial charge on any atom is -0.319 e. The lowest BCUT2D eigenvalue weighted by Gasteiger charge is -2.27. The third kappa shape index (κ3) is 5.30. The summed E-state index contributed by atoms with van der Waals surface area (Å²) < 4.78 is 0. The van der Waals surface area contributed by atoms with Gasteiger partial charge in [-0.1, -0.05) is 40.0 Å². The Morgan fingerprint density at radius 1 is 1.00 bits per heavy atom. The van der Waals surface area contributed by atoms with Crippen molar-refractivity contribution in [1.29, 1.82) is 0 Å². The fraction of sp³-hybridized carbons (Fsp3) is 1.00. The quantitative estimate of drug-likeness (QED) is 0.710. The summed E-state index contributed by atoms with van der Waals surface area (Å²) in [6.07, 6.45) is 7.26. The van der Waals surface area contributed by atoms with Gasteiger partial charge in [0.15, 0.2) is 0 Å². The van der Waals surface area contributed by atoms with Gasteiger partial charge < -0.3 is 5.32 Å². The van der Waals surface area contributed by atoms with Crippen molar-refractivity contribution in [3.05, 3.63) is 0 Å². The van der Waals surface area contributed by atoms with Crippen LogP contribution in [0.3, 0.4) is 0 Å². The van der Waals surface area contributed by atoms with Crippen LogP contribution in [0.4, 0.5) is 0 Å². The van der Waals surface area contributed by atoms with E-state index in [-0.39, 0.29) is 0 Å². The van der Waals surface area contributed by atoms with Crippen molar-refractivity contribution < 1.29 is 0 Å². The van der Waals surface area contributed by atoms with Crippen LogP contribution in [-0.4, -0.2) is 13.6 Å². The molecule has 0 heterocycles. The first-order valence-corrected chi connectivity index (χ1v) is 6.01. The zero-order valence-corrected chi connectivity index (χ0v) is 9.90. The zero-order valence-electron chi connectivity index (χ0n) is 9.90. The van der Waals surface area contributed by atoms with Gasteiger partial charge in [0, 0.05) is 0 Å². The van der Waals surface area contributed by atoms with Gasteiger partial charge >= 0.3 is 0 Å². The van der Waals surface area contributed by atoms with Crippen LogP contribution in [0.2, 0.25) is 0 Å². The molecule has 1 N–H and O–H groups in total. The summed E-state index contributed by atoms with van der Waals surface area (Å²) >= 11 is 0. The maximum absolute atomic E-state index is 3.27. The molecule has 1 aliphatic carbocycles. The monoisotopic (exact) mass is 185 g/mol. The van der Waals surface area contributed by atoms with Crippen LogP contribution in [0.25, 0.3) is 0 Å². The van der Waals surface area contributed by atoms with Gasteiger partial charge in [0.2, 0.25) is 0 Å². The van der Waals surface area contributed by atoms with Gasteiger partial charge in [-0.15, -0.1) is 0 Å². The Balaban J connectivity index is 0.000000671. The maximum atomic E-state index is 3.27. The van der Waals surface area contributed by atoms with Crippen molar-refractivity contribution in [2.24, 2.45) is 11.8 Å². The molecule has 0 unspecified atom stereocenters. The average molecular weight is 185 g/mol. The van der Waals surface area contributed by atoms with Gasteiger partial charge in [-0.3, -0.25) is 0 Å². The Morgan fingerprint density at radius 3 is 1.85 bits per heavy atom. The van der Waals surface area contributed by atoms with Crippen molar-refractivity contribution in [3.8, 4) is 0 Å². The van der Waals surface area contributed by atoms with E-state index in [2.05, 4.69) is 19.3 Å². The summed E-state index contributed by atoms with van der Waals surface area (Å²) in [7, 11) is 2.06. The first-order chi connectivity index (χ1) is 6.36. The standard InChI is InChI=1S/C10H21N.C2H6/c1-3-9-4-6-10(7-5-9)8-11-2;1-2/h9-11H,3-8H2,1-2H3;1-2H3. The molecular weight excluding hydrogens is 158 g/mol. The smallest absolute Gasteiger partial charge is 0.00235 e. The molecule has 0 saturated heterocycles. The Kier molecular flexibility index (Phi) is 8.53. The molecule has 0 aromatic carbocycles. The minimum absolute atomic E-state index is 0.975. The van der Waals surface area contributed by atoms with Crippen LogP contribution in [0.15, 0.2) is 0 Å². The highest BCUT2D eigenvalue weighted by atomic mass is 14.8. The highest BCUT2D eigenvalue weighted by Crippen LogP contribution is 2.29. The van der Waals surface area contributed by atoms with E-state index < -0.39 is 0 Å². The predicted molar refractivity (Wildman–Crippen MR) is 61.0 cm³/mol. The summed E-state index contributed by atoms with van der Waals surface area (Å²) in [5.41, 5.74) is 0. The van der Waals surface area contributed by atoms with Gasteiger partial charge in [0.25, 0.3) is 0 Å². The molecule has 1 fully saturated rings. The van der Waals surface area contributed by atoms with E-state index >= 15 is 0 Å². The molecule has 1 nitrogen and oxygen atoms in total. The molecule has 13 heavy (non-hydrogen) atoms. The largest absolute Gasteiger partial charge is 0.319 e. The first-order valence-electron chi connectivity index (χ1n) is 6.01. The lowest BCUT2D eigenvalue weighted by atomic mass is 9.81. The number of hydrogen-bond acceptors (Lipinski definition) is 1. The Hall–Kier alpha value is -0.0400. The average Bonchev–Trinajstić information content (AvgIpc) is 2.23. The Morgan fingerprint density at radius 2 is 1.46 bits per heavy atom. The highest BCUT2D eigenvalue weighted by Gasteiger charge is 2.18. The molecule has 0 aliphatic heterocycles. The van der Waals surface area contributed by atoms with Crippen LogP contribution < -0.4 is 5.32 Å². The zero-order chi connectivity index (χ0) is 10.1. The fourth-order valence-electron chi connectivity index (χ4n) is 2.13. The van der Waals surface area contributed by atoms with Crippen LogP contribution in [0.1, 0.15) is 52.9 Å². The summed E-state index contributed by atoms with van der Waals surface area (Å²) in [6.45, 7) is 7.56. The molecule has 0 bridgehead atoms. The predicted octanol–water partition coefficient (Wildman–Crippen LogP) is 3.45. The SMILES string of the molecule is CC.CCC1CCC(CNC)CC1. The Labute approximate surface area is 84.3 Å². The molecule has 0 spiro atoms. The maximum Gasteiger partial charge on any atom is -0.00235 e. The van der Waals surface area contributed by atoms with Crippen molar-refractivity contribution in [2.75, 3.05) is 13.6 Å². The van der Waals surface area contributed by atoms with Crippen LogP contribution >= 0.6 is 0 Å². The van der Waals surface area contributed by atoms with E-state index in [4.69, 9.17) is 0 Å². The molecule has 1 saturated carbocycles. The van der Waals surface area contributed by atoms with E-state index in [9.17, 15) is 0 Å². The molecule has 0 aromatic heterocycles. The van der Waals surface area contributed by atoms with Crippen LogP contribution in [0.5, 0.6) is 0 Å². The van der Waals surface area contributed by atoms with Crippen molar-refractivity contribution in [3.63, 3.8) is 0 Å². The summed E-state index contributed by atoms with van der Waals surface area (Å²) in [4.78, 5) is 0. The molecule has 0 amide bonds. The van der Waals surface area contributed by atoms with E-state index in [0.29, 0.717) is 0 Å². The number of nitrogens with one attached hydrogen (secondary N) is 1. The first kappa shape index (κ1) is 13.0. The third-order valence-corrected chi connectivity index (χ3v) is 3.04. The summed E-state index contributed by atoms with van der Waals surface area (Å²) in [5.74, 6) is 2.02. The van der Waals surface area contributed by atoms with E-state index in [1.54, 1.807) is 0 Å². The molecule has 0 aromatic rings. The van der Waals surface area contributed by atoms with Gasteiger partial charge in [-0.05, 0) is 38.3 Å². The van der Waals surface area contributed by atoms with E-state index in [1.807, 2.05) is 13.8 Å². The van der Waals surface area contributed by atoms with Crippen LogP contribution in [0, 0.1) is 11.8 Å². The van der Waals surface area contributed by atoms with Crippen molar-refractivity contribution >= 4 is 0 Å². The van der Waals surface area contributed by atoms with Crippen molar-refractivity contribution in [1.82, 2.24) is 5.32 Å². The van der Waals surface area contributed by atoms with Gasteiger partial charge in [0.05, 0.1) is 0 Å². The van der Waals surface area contributed by atoms with Crippen molar-refractivity contribution in [2.45, 2.75) is 52.9 Å². The summed E-state index contributed by atoms with van der Waals surface area (Å²) in [5, 5.41) is 3.27. The lowest BCUT2D eigenvalue weighted by molar-refractivity contribution is 0.266. The van der Waals surface area contributed by atoms with Gasteiger partial charge in [-0.2, -0.15) is 0 Å². The van der Waals surface area contributed by atoms with Gasteiger partial charge in [0.1, 0.15) is 0 Å². The highest BCUT2D eigenvalue weighted by molar-refractivity contribution is 4.72. The molecule has 80 valence electrons. The summed E-state index contributed by atoms with van der Waals surface area (Å²) in [6, 6.07) is 0. The minimum atomic E-state index is 0.975. The number of hydrogen-bond donors (Lipinski definition) is 1. The molecule has 1 rings (SSSR count). The molecule has 0 radical (unpaired) electrons. The second-order valence-corrected chi connectivity index (χ2v) is 3.85. The molecule has 0 atom stereocenters. The molecular formula is C12H27N. The van der Waals surface area contributed by atoms with Crippen LogP contribution in [-0.2, 0) is 0 Å². The lowest BCUT2D eigenvalue weighted by Crippen LogP contribution is -2.23. The van der Waals surface area contributed by atoms with E-state index in [1.165, 1.54) is 38.6 Å². The van der Waals surface area contributed by atoms with E-state index in [0.717, 1.165) is 11.8 Å². The van der Waals surface area contributed by atoms with Gasteiger partial charge in [-0.25, -0.2) is 0 Å². The second-order valence-electron chi connectivity index (χ2n) is 3.85. The molecule has 1 heteroatoms. The fourth-order valence-corrected chi connectivity index (χ4v) is 2.13. The second kappa shape index (κ2) is 8.55. The normalized spacial score (nSPS) is 27.7. The third-order valence-electron chi connectivity index (χ3n) is 3.04. The Bertz CT molecular complexity index is 93.3. The topological polar surface area (TPSA) is 12.0 Å².